The highest BCUT2D eigenvalue weighted by Gasteiger charge is 2.25. The second-order valence-corrected chi connectivity index (χ2v) is 16.5. The van der Waals surface area contributed by atoms with Crippen LogP contribution in [0.15, 0.2) is 60.9 Å². The average molecular weight is 767 g/mol. The third kappa shape index (κ3) is 41.1. The second-order valence-electron chi connectivity index (χ2n) is 15.0. The number of quaternary nitrogens is 1. The van der Waals surface area contributed by atoms with Crippen molar-refractivity contribution in [3.8, 4) is 0 Å². The van der Waals surface area contributed by atoms with E-state index < -0.39 is 13.9 Å². The molecule has 0 bridgehead atoms. The number of rotatable bonds is 38. The van der Waals surface area contributed by atoms with Crippen molar-refractivity contribution in [1.29, 1.82) is 0 Å². The van der Waals surface area contributed by atoms with Crippen molar-refractivity contribution in [2.45, 2.75) is 168 Å². The first kappa shape index (κ1) is 51.0. The number of phosphoric ester groups is 1. The maximum atomic E-state index is 12.5. The Morgan fingerprint density at radius 2 is 1.11 bits per heavy atom. The van der Waals surface area contributed by atoms with Crippen LogP contribution in [0.4, 0.5) is 0 Å². The van der Waals surface area contributed by atoms with Crippen LogP contribution < -0.4 is 0 Å². The summed E-state index contributed by atoms with van der Waals surface area (Å²) in [5.41, 5.74) is 0. The lowest BCUT2D eigenvalue weighted by atomic mass is 10.1. The molecule has 0 heterocycles. The monoisotopic (exact) mass is 767 g/mol. The molecular formula is C44H81NO7P+. The van der Waals surface area contributed by atoms with Crippen LogP contribution in [0.2, 0.25) is 0 Å². The molecule has 0 aromatic heterocycles. The molecule has 0 spiro atoms. The van der Waals surface area contributed by atoms with E-state index in [0.29, 0.717) is 17.4 Å². The summed E-state index contributed by atoms with van der Waals surface area (Å²) in [6, 6.07) is 0. The molecule has 0 saturated heterocycles. The van der Waals surface area contributed by atoms with Crippen LogP contribution in [0.3, 0.4) is 0 Å². The molecule has 2 atom stereocenters. The molecule has 0 radical (unpaired) electrons. The molecule has 0 fully saturated rings. The number of carbonyl (C=O) groups excluding carboxylic acids is 1. The van der Waals surface area contributed by atoms with Gasteiger partial charge in [0.2, 0.25) is 0 Å². The Labute approximate surface area is 326 Å². The van der Waals surface area contributed by atoms with Crippen molar-refractivity contribution in [2.75, 3.05) is 47.5 Å². The van der Waals surface area contributed by atoms with E-state index in [1.54, 1.807) is 6.26 Å². The Hall–Kier alpha value is -1.96. The Morgan fingerprint density at radius 3 is 1.68 bits per heavy atom. The maximum absolute atomic E-state index is 12.5. The van der Waals surface area contributed by atoms with Crippen LogP contribution in [0.5, 0.6) is 0 Å². The van der Waals surface area contributed by atoms with E-state index in [9.17, 15) is 14.3 Å². The number of unbranched alkanes of at least 4 members (excludes halogenated alkanes) is 16. The lowest BCUT2D eigenvalue weighted by molar-refractivity contribution is -0.870. The number of hydrogen-bond donors (Lipinski definition) is 1. The van der Waals surface area contributed by atoms with Crippen molar-refractivity contribution in [1.82, 2.24) is 0 Å². The number of phosphoric acid groups is 1. The van der Waals surface area contributed by atoms with Gasteiger partial charge in [-0.3, -0.25) is 13.8 Å². The summed E-state index contributed by atoms with van der Waals surface area (Å²) in [5, 5.41) is 0. The standard InChI is InChI=1S/C44H80NO7P/c1-6-8-10-12-14-16-18-20-22-24-26-28-30-32-34-36-39-49-43(42-52-53(47,48)51-40-38-45(3,4)5)41-50-44(46)37-35-33-31-29-27-25-23-21-19-17-15-13-11-9-7-2/h9,11,15,17,20-23,36,39,43H,6-8,10,12-14,16,18-19,24-35,37-38,40-42H2,1-5H3/p+1/b11-9-,17-15-,22-20-,23-21-,39-36-. The van der Waals surface area contributed by atoms with E-state index in [1.165, 1.54) is 57.8 Å². The molecule has 0 aromatic rings. The molecule has 1 N–H and O–H groups in total. The van der Waals surface area contributed by atoms with Gasteiger partial charge in [-0.15, -0.1) is 0 Å². The molecule has 308 valence electrons. The fourth-order valence-electron chi connectivity index (χ4n) is 5.31. The molecular weight excluding hydrogens is 685 g/mol. The van der Waals surface area contributed by atoms with Gasteiger partial charge in [0.25, 0.3) is 0 Å². The third-order valence-electron chi connectivity index (χ3n) is 8.65. The highest BCUT2D eigenvalue weighted by molar-refractivity contribution is 7.47. The van der Waals surface area contributed by atoms with E-state index >= 15 is 0 Å². The van der Waals surface area contributed by atoms with Gasteiger partial charge in [-0.05, 0) is 83.1 Å². The van der Waals surface area contributed by atoms with Gasteiger partial charge in [0.1, 0.15) is 19.8 Å². The smallest absolute Gasteiger partial charge is 0.472 e. The number of esters is 1. The number of ether oxygens (including phenoxy) is 2. The zero-order valence-electron chi connectivity index (χ0n) is 34.7. The average Bonchev–Trinajstić information content (AvgIpc) is 3.11. The summed E-state index contributed by atoms with van der Waals surface area (Å²) >= 11 is 0. The molecule has 0 aliphatic rings. The van der Waals surface area contributed by atoms with E-state index in [0.717, 1.165) is 83.5 Å². The molecule has 53 heavy (non-hydrogen) atoms. The zero-order valence-corrected chi connectivity index (χ0v) is 35.6. The highest BCUT2D eigenvalue weighted by atomic mass is 31.2. The Morgan fingerprint density at radius 1 is 0.623 bits per heavy atom. The van der Waals surface area contributed by atoms with E-state index in [4.69, 9.17) is 18.5 Å². The summed E-state index contributed by atoms with van der Waals surface area (Å²) in [5.74, 6) is -0.299. The van der Waals surface area contributed by atoms with E-state index in [-0.39, 0.29) is 25.8 Å². The van der Waals surface area contributed by atoms with Gasteiger partial charge in [-0.2, -0.15) is 0 Å². The SMILES string of the molecule is CC/C=C\C/C=C\C/C=C\CCCCCCCC(=O)OCC(COP(=O)(O)OCC[N+](C)(C)C)O/C=C\CCCCCC/C=C\CCCCCCCC. The second kappa shape index (κ2) is 37.0. The molecule has 0 saturated carbocycles. The molecule has 0 rings (SSSR count). The van der Waals surface area contributed by atoms with Gasteiger partial charge < -0.3 is 18.9 Å². The fraction of sp³-hybridized carbons (Fsp3) is 0.750. The minimum atomic E-state index is -4.27. The van der Waals surface area contributed by atoms with Crippen LogP contribution in [0.1, 0.15) is 162 Å². The molecule has 0 aliphatic heterocycles. The van der Waals surface area contributed by atoms with Gasteiger partial charge >= 0.3 is 13.8 Å². The quantitative estimate of drug-likeness (QED) is 0.0167. The number of likely N-dealkylation sites (N-methyl/N-ethyl adjacent to an activating group) is 1. The van der Waals surface area contributed by atoms with E-state index in [2.05, 4.69) is 62.5 Å². The normalized spacial score (nSPS) is 14.4. The first-order valence-corrected chi connectivity index (χ1v) is 22.6. The van der Waals surface area contributed by atoms with Gasteiger partial charge in [0, 0.05) is 6.42 Å². The lowest BCUT2D eigenvalue weighted by Gasteiger charge is -2.24. The Balaban J connectivity index is 4.37. The Kier molecular flexibility index (Phi) is 35.6. The van der Waals surface area contributed by atoms with Crippen molar-refractivity contribution >= 4 is 13.8 Å². The lowest BCUT2D eigenvalue weighted by Crippen LogP contribution is -2.37. The number of carbonyl (C=O) groups is 1. The predicted molar refractivity (Wildman–Crippen MR) is 224 cm³/mol. The summed E-state index contributed by atoms with van der Waals surface area (Å²) in [6.07, 6.45) is 46.4. The third-order valence-corrected chi connectivity index (χ3v) is 9.64. The van der Waals surface area contributed by atoms with Crippen molar-refractivity contribution < 1.29 is 37.3 Å². The molecule has 0 aliphatic carbocycles. The van der Waals surface area contributed by atoms with Crippen LogP contribution in [0.25, 0.3) is 0 Å². The van der Waals surface area contributed by atoms with Gasteiger partial charge in [0.05, 0.1) is 34.0 Å². The first-order valence-electron chi connectivity index (χ1n) is 21.1. The summed E-state index contributed by atoms with van der Waals surface area (Å²) in [4.78, 5) is 22.6. The Bertz CT molecular complexity index is 1030. The fourth-order valence-corrected chi connectivity index (χ4v) is 6.05. The number of hydrogen-bond acceptors (Lipinski definition) is 6. The molecule has 0 aromatic carbocycles. The largest absolute Gasteiger partial charge is 0.492 e. The highest BCUT2D eigenvalue weighted by Crippen LogP contribution is 2.43. The summed E-state index contributed by atoms with van der Waals surface area (Å²) in [6.45, 7) is 4.74. The van der Waals surface area contributed by atoms with Crippen molar-refractivity contribution in [3.63, 3.8) is 0 Å². The van der Waals surface area contributed by atoms with Crippen LogP contribution in [-0.4, -0.2) is 69.0 Å². The van der Waals surface area contributed by atoms with Crippen molar-refractivity contribution in [3.05, 3.63) is 60.9 Å². The minimum Gasteiger partial charge on any atom is -0.492 e. The van der Waals surface area contributed by atoms with Gasteiger partial charge in [-0.1, -0.05) is 127 Å². The van der Waals surface area contributed by atoms with Crippen LogP contribution in [0, 0.1) is 0 Å². The predicted octanol–water partition coefficient (Wildman–Crippen LogP) is 12.5. The van der Waals surface area contributed by atoms with Gasteiger partial charge in [-0.25, -0.2) is 4.57 Å². The zero-order chi connectivity index (χ0) is 39.1. The number of allylic oxidation sites excluding steroid dienone is 9. The topological polar surface area (TPSA) is 91.3 Å². The number of nitrogens with zero attached hydrogens (tertiary/aromatic N) is 1. The summed E-state index contributed by atoms with van der Waals surface area (Å²) < 4.78 is 34.7. The molecule has 2 unspecified atom stereocenters. The summed E-state index contributed by atoms with van der Waals surface area (Å²) in [7, 11) is 1.65. The first-order chi connectivity index (χ1) is 25.6. The molecule has 9 heteroatoms. The molecule has 8 nitrogen and oxygen atoms in total. The van der Waals surface area contributed by atoms with Gasteiger partial charge in [0.15, 0.2) is 6.10 Å². The minimum absolute atomic E-state index is 0.0641. The maximum Gasteiger partial charge on any atom is 0.472 e. The van der Waals surface area contributed by atoms with Crippen LogP contribution >= 0.6 is 7.82 Å². The van der Waals surface area contributed by atoms with Crippen LogP contribution in [-0.2, 0) is 27.9 Å². The van der Waals surface area contributed by atoms with E-state index in [1.807, 2.05) is 27.2 Å². The van der Waals surface area contributed by atoms with Crippen molar-refractivity contribution in [2.24, 2.45) is 0 Å². The molecule has 0 amide bonds.